The molecular formula is C28H36N6O8. The van der Waals surface area contributed by atoms with Gasteiger partial charge in [-0.25, -0.2) is 0 Å². The number of nitrogens with two attached hydrogens (primary N) is 2. The van der Waals surface area contributed by atoms with Crippen molar-refractivity contribution in [1.29, 1.82) is 0 Å². The van der Waals surface area contributed by atoms with Gasteiger partial charge in [0.15, 0.2) is 0 Å². The lowest BCUT2D eigenvalue weighted by Gasteiger charge is -2.23. The molecule has 0 aliphatic rings. The first kappa shape index (κ1) is 33.2. The van der Waals surface area contributed by atoms with Crippen LogP contribution in [-0.2, 0) is 40.0 Å². The van der Waals surface area contributed by atoms with Crippen molar-refractivity contribution in [3.8, 4) is 0 Å². The number of nitrogens with one attached hydrogen (secondary N) is 4. The van der Waals surface area contributed by atoms with Gasteiger partial charge in [0.1, 0.15) is 18.1 Å². The number of carboxylic acid groups (broad SMARTS) is 1. The summed E-state index contributed by atoms with van der Waals surface area (Å²) in [6, 6.07) is 9.17. The van der Waals surface area contributed by atoms with Gasteiger partial charge in [0.05, 0.1) is 19.4 Å². The molecule has 14 heteroatoms. The third-order valence-electron chi connectivity index (χ3n) is 6.22. The van der Waals surface area contributed by atoms with Gasteiger partial charge in [0.2, 0.25) is 35.4 Å². The quantitative estimate of drug-likeness (QED) is 0.127. The zero-order chi connectivity index (χ0) is 31.4. The molecule has 2 aromatic carbocycles. The van der Waals surface area contributed by atoms with E-state index in [1.54, 1.807) is 19.9 Å². The molecule has 0 aliphatic carbocycles. The maximum atomic E-state index is 13.3. The van der Waals surface area contributed by atoms with E-state index in [9.17, 15) is 33.6 Å². The molecule has 0 radical (unpaired) electrons. The molecule has 0 aliphatic heterocycles. The molecule has 0 spiro atoms. The maximum Gasteiger partial charge on any atom is 0.303 e. The molecule has 0 saturated carbocycles. The second-order valence-electron chi connectivity index (χ2n) is 10.0. The minimum absolute atomic E-state index is 0.0213. The second kappa shape index (κ2) is 15.7. The number of benzene rings is 2. The fraction of sp³-hybridized carbons (Fsp3) is 0.393. The SMILES string of the molecule is CC(C)C(NC(=O)CNC(=O)C(CC(N)=O)NC(=O)C(Cc1ccc2ccccc2c1)NC(=O)CCC(=O)O)C(N)=O. The van der Waals surface area contributed by atoms with Crippen LogP contribution >= 0.6 is 0 Å². The molecular weight excluding hydrogens is 548 g/mol. The molecule has 0 fully saturated rings. The Morgan fingerprint density at radius 2 is 1.45 bits per heavy atom. The first-order valence-electron chi connectivity index (χ1n) is 13.2. The summed E-state index contributed by atoms with van der Waals surface area (Å²) in [5.74, 6) is -6.39. The van der Waals surface area contributed by atoms with Crippen LogP contribution in [0.5, 0.6) is 0 Å². The average molecular weight is 585 g/mol. The van der Waals surface area contributed by atoms with Crippen LogP contribution in [0.1, 0.15) is 38.7 Å². The van der Waals surface area contributed by atoms with Crippen molar-refractivity contribution in [2.75, 3.05) is 6.54 Å². The van der Waals surface area contributed by atoms with Crippen molar-refractivity contribution in [3.63, 3.8) is 0 Å². The standard InChI is InChI=1S/C28H36N6O8/c1-15(2)25(26(30)40)34-23(37)14-31-27(41)20(13-21(29)35)33-28(42)19(32-22(36)9-10-24(38)39)12-16-7-8-17-5-3-4-6-18(17)11-16/h3-8,11,15,19-20,25H,9-10,12-14H2,1-2H3,(H2,29,35)(H2,30,40)(H,31,41)(H,32,36)(H,33,42)(H,34,37)(H,38,39). The number of amides is 6. The Labute approximate surface area is 241 Å². The highest BCUT2D eigenvalue weighted by Crippen LogP contribution is 2.17. The van der Waals surface area contributed by atoms with E-state index in [0.29, 0.717) is 5.56 Å². The Hall–Kier alpha value is -5.01. The van der Waals surface area contributed by atoms with Crippen molar-refractivity contribution >= 4 is 52.2 Å². The summed E-state index contributed by atoms with van der Waals surface area (Å²) >= 11 is 0. The number of hydrogen-bond acceptors (Lipinski definition) is 7. The predicted octanol–water partition coefficient (Wildman–Crippen LogP) is -1.17. The Morgan fingerprint density at radius 1 is 0.786 bits per heavy atom. The number of carbonyl (C=O) groups is 7. The molecule has 14 nitrogen and oxygen atoms in total. The number of hydrogen-bond donors (Lipinski definition) is 7. The monoisotopic (exact) mass is 584 g/mol. The average Bonchev–Trinajstić information content (AvgIpc) is 2.92. The van der Waals surface area contributed by atoms with Crippen LogP contribution in [0.3, 0.4) is 0 Å². The molecule has 3 atom stereocenters. The van der Waals surface area contributed by atoms with Crippen molar-refractivity contribution < 1.29 is 38.7 Å². The van der Waals surface area contributed by atoms with E-state index < -0.39 is 78.9 Å². The minimum Gasteiger partial charge on any atom is -0.481 e. The third kappa shape index (κ3) is 10.9. The van der Waals surface area contributed by atoms with Crippen molar-refractivity contribution in [3.05, 3.63) is 48.0 Å². The van der Waals surface area contributed by atoms with Crippen LogP contribution in [-0.4, -0.2) is 71.2 Å². The number of primary amides is 2. The lowest BCUT2D eigenvalue weighted by atomic mass is 10.0. The molecule has 42 heavy (non-hydrogen) atoms. The molecule has 0 bridgehead atoms. The molecule has 2 aromatic rings. The van der Waals surface area contributed by atoms with Crippen LogP contribution in [0, 0.1) is 5.92 Å². The van der Waals surface area contributed by atoms with Gasteiger partial charge in [-0.15, -0.1) is 0 Å². The highest BCUT2D eigenvalue weighted by Gasteiger charge is 2.29. The summed E-state index contributed by atoms with van der Waals surface area (Å²) in [5.41, 5.74) is 11.2. The van der Waals surface area contributed by atoms with Gasteiger partial charge >= 0.3 is 5.97 Å². The Morgan fingerprint density at radius 3 is 2.05 bits per heavy atom. The predicted molar refractivity (Wildman–Crippen MR) is 151 cm³/mol. The van der Waals surface area contributed by atoms with E-state index in [1.807, 2.05) is 36.4 Å². The van der Waals surface area contributed by atoms with Gasteiger partial charge in [-0.1, -0.05) is 56.3 Å². The van der Waals surface area contributed by atoms with Crippen molar-refractivity contribution in [2.45, 2.75) is 57.7 Å². The van der Waals surface area contributed by atoms with E-state index in [2.05, 4.69) is 21.3 Å². The van der Waals surface area contributed by atoms with Crippen molar-refractivity contribution in [2.24, 2.45) is 17.4 Å². The number of carbonyl (C=O) groups excluding carboxylic acids is 6. The summed E-state index contributed by atoms with van der Waals surface area (Å²) < 4.78 is 0. The second-order valence-corrected chi connectivity index (χ2v) is 10.0. The number of rotatable bonds is 16. The van der Waals surface area contributed by atoms with E-state index in [-0.39, 0.29) is 18.8 Å². The normalized spacial score (nSPS) is 12.9. The highest BCUT2D eigenvalue weighted by molar-refractivity contribution is 5.96. The van der Waals surface area contributed by atoms with Gasteiger partial charge in [-0.2, -0.15) is 0 Å². The van der Waals surface area contributed by atoms with E-state index in [4.69, 9.17) is 16.6 Å². The molecule has 3 unspecified atom stereocenters. The zero-order valence-electron chi connectivity index (χ0n) is 23.3. The molecule has 2 rings (SSSR count). The maximum absolute atomic E-state index is 13.3. The third-order valence-corrected chi connectivity index (χ3v) is 6.22. The molecule has 0 aromatic heterocycles. The highest BCUT2D eigenvalue weighted by atomic mass is 16.4. The van der Waals surface area contributed by atoms with Crippen LogP contribution < -0.4 is 32.7 Å². The van der Waals surface area contributed by atoms with Gasteiger partial charge in [-0.05, 0) is 22.3 Å². The Bertz CT molecular complexity index is 1340. The molecule has 0 heterocycles. The summed E-state index contributed by atoms with van der Waals surface area (Å²) in [6.07, 6.45) is -1.49. The summed E-state index contributed by atoms with van der Waals surface area (Å²) in [5, 5.41) is 20.3. The van der Waals surface area contributed by atoms with E-state index >= 15 is 0 Å². The fourth-order valence-corrected chi connectivity index (χ4v) is 4.06. The molecule has 6 amide bonds. The Kier molecular flexibility index (Phi) is 12.4. The van der Waals surface area contributed by atoms with Gasteiger partial charge < -0.3 is 37.8 Å². The van der Waals surface area contributed by atoms with Crippen LogP contribution in [0.15, 0.2) is 42.5 Å². The first-order chi connectivity index (χ1) is 19.8. The van der Waals surface area contributed by atoms with Crippen LogP contribution in [0.4, 0.5) is 0 Å². The summed E-state index contributed by atoms with van der Waals surface area (Å²) in [4.78, 5) is 85.0. The number of fused-ring (bicyclic) bond motifs is 1. The zero-order valence-corrected chi connectivity index (χ0v) is 23.3. The first-order valence-corrected chi connectivity index (χ1v) is 13.2. The Balaban J connectivity index is 2.19. The topological polar surface area (TPSA) is 240 Å². The van der Waals surface area contributed by atoms with Crippen LogP contribution in [0.2, 0.25) is 0 Å². The molecule has 9 N–H and O–H groups in total. The summed E-state index contributed by atoms with van der Waals surface area (Å²) in [7, 11) is 0. The number of aliphatic carboxylic acids is 1. The molecule has 0 saturated heterocycles. The van der Waals surface area contributed by atoms with E-state index in [0.717, 1.165) is 10.8 Å². The molecule has 226 valence electrons. The van der Waals surface area contributed by atoms with E-state index in [1.165, 1.54) is 0 Å². The largest absolute Gasteiger partial charge is 0.481 e. The number of carboxylic acids is 1. The smallest absolute Gasteiger partial charge is 0.303 e. The van der Waals surface area contributed by atoms with Gasteiger partial charge in [-0.3, -0.25) is 33.6 Å². The van der Waals surface area contributed by atoms with Crippen LogP contribution in [0.25, 0.3) is 10.8 Å². The lowest BCUT2D eigenvalue weighted by molar-refractivity contribution is -0.139. The summed E-state index contributed by atoms with van der Waals surface area (Å²) in [6.45, 7) is 2.75. The van der Waals surface area contributed by atoms with Gasteiger partial charge in [0, 0.05) is 12.8 Å². The fourth-order valence-electron chi connectivity index (χ4n) is 4.06. The van der Waals surface area contributed by atoms with Gasteiger partial charge in [0.25, 0.3) is 0 Å². The lowest BCUT2D eigenvalue weighted by Crippen LogP contribution is -2.56. The minimum atomic E-state index is -1.50. The van der Waals surface area contributed by atoms with Crippen molar-refractivity contribution in [1.82, 2.24) is 21.3 Å².